The fraction of sp³-hybridized carbons (Fsp3) is 0.958. The monoisotopic (exact) mass is 735 g/mol. The van der Waals surface area contributed by atoms with E-state index in [0.717, 1.165) is 38.5 Å². The van der Waals surface area contributed by atoms with Gasteiger partial charge in [-0.1, -0.05) is 245 Å². The van der Waals surface area contributed by atoms with E-state index in [1.165, 1.54) is 218 Å². The van der Waals surface area contributed by atoms with Gasteiger partial charge in [0.2, 0.25) is 0 Å². The lowest BCUT2D eigenvalue weighted by Crippen LogP contribution is -2.08. The fourth-order valence-corrected chi connectivity index (χ4v) is 7.42. The Balaban J connectivity index is 3.23. The van der Waals surface area contributed by atoms with Crippen molar-refractivity contribution < 1.29 is 19.1 Å². The van der Waals surface area contributed by atoms with Crippen LogP contribution in [0.25, 0.3) is 0 Å². The molecule has 0 aliphatic carbocycles. The quantitative estimate of drug-likeness (QED) is 0.0462. The minimum Gasteiger partial charge on any atom is -0.466 e. The summed E-state index contributed by atoms with van der Waals surface area (Å²) in [5.74, 6) is -0.151. The van der Waals surface area contributed by atoms with Crippen LogP contribution >= 0.6 is 0 Å². The Bertz CT molecular complexity index is 634. The molecule has 4 heteroatoms. The normalized spacial score (nSPS) is 11.3. The topological polar surface area (TPSA) is 52.6 Å². The Kier molecular flexibility index (Phi) is 45.2. The molecule has 0 aromatic carbocycles. The van der Waals surface area contributed by atoms with E-state index in [-0.39, 0.29) is 11.9 Å². The van der Waals surface area contributed by atoms with Gasteiger partial charge in [-0.2, -0.15) is 0 Å². The molecule has 0 radical (unpaired) electrons. The van der Waals surface area contributed by atoms with E-state index in [4.69, 9.17) is 9.47 Å². The first-order chi connectivity index (χ1) is 25.7. The van der Waals surface area contributed by atoms with Crippen LogP contribution in [0.5, 0.6) is 0 Å². The number of hydrogen-bond acceptors (Lipinski definition) is 4. The highest BCUT2D eigenvalue weighted by Crippen LogP contribution is 2.17. The van der Waals surface area contributed by atoms with Gasteiger partial charge < -0.3 is 9.47 Å². The van der Waals surface area contributed by atoms with E-state index < -0.39 is 0 Å². The summed E-state index contributed by atoms with van der Waals surface area (Å²) in [7, 11) is 0. The molecule has 0 N–H and O–H groups in total. The molecule has 0 aromatic rings. The standard InChI is InChI=1S/C48H94O4/c1-3-5-7-9-11-13-15-17-19-21-23-25-27-29-31-33-35-37-39-43-47(49)51-45-41-42-46-52-48(50)44-40-38-36-34-32-30-28-26-24-22-20-18-16-14-12-10-8-6-4-2/h3-46H2,1-2H3. The van der Waals surface area contributed by atoms with E-state index in [9.17, 15) is 9.59 Å². The number of ether oxygens (including phenoxy) is 2. The first kappa shape index (κ1) is 50.9. The highest BCUT2D eigenvalue weighted by Gasteiger charge is 2.05. The molecule has 0 aromatic heterocycles. The Morgan fingerprint density at radius 2 is 0.423 bits per heavy atom. The number of carbonyl (C=O) groups is 2. The molecular formula is C48H94O4. The summed E-state index contributed by atoms with van der Waals surface area (Å²) in [6, 6.07) is 0. The van der Waals surface area contributed by atoms with Crippen molar-refractivity contribution in [2.75, 3.05) is 13.2 Å². The predicted octanol–water partition coefficient (Wildman–Crippen LogP) is 16.5. The molecule has 0 amide bonds. The van der Waals surface area contributed by atoms with Gasteiger partial charge in [-0.25, -0.2) is 0 Å². The van der Waals surface area contributed by atoms with Crippen LogP contribution in [0.2, 0.25) is 0 Å². The smallest absolute Gasteiger partial charge is 0.305 e. The second-order valence-electron chi connectivity index (χ2n) is 16.4. The third-order valence-corrected chi connectivity index (χ3v) is 11.0. The second-order valence-corrected chi connectivity index (χ2v) is 16.4. The Hall–Kier alpha value is -1.06. The summed E-state index contributed by atoms with van der Waals surface area (Å²) in [5.41, 5.74) is 0. The summed E-state index contributed by atoms with van der Waals surface area (Å²) in [4.78, 5) is 24.0. The molecule has 0 aliphatic rings. The van der Waals surface area contributed by atoms with Crippen LogP contribution in [0.3, 0.4) is 0 Å². The van der Waals surface area contributed by atoms with Gasteiger partial charge in [0.15, 0.2) is 0 Å². The largest absolute Gasteiger partial charge is 0.466 e. The van der Waals surface area contributed by atoms with Gasteiger partial charge in [-0.05, 0) is 25.7 Å². The maximum atomic E-state index is 12.0. The number of esters is 2. The second kappa shape index (κ2) is 46.1. The van der Waals surface area contributed by atoms with Crippen LogP contribution in [0, 0.1) is 0 Å². The molecule has 0 bridgehead atoms. The Morgan fingerprint density at radius 3 is 0.615 bits per heavy atom. The van der Waals surface area contributed by atoms with Crippen molar-refractivity contribution >= 4 is 11.9 Å². The zero-order chi connectivity index (χ0) is 37.7. The first-order valence-corrected chi connectivity index (χ1v) is 24.0. The summed E-state index contributed by atoms with van der Waals surface area (Å²) in [5, 5.41) is 0. The van der Waals surface area contributed by atoms with Crippen LogP contribution in [-0.2, 0) is 19.1 Å². The number of unbranched alkanes of at least 4 members (excludes halogenated alkanes) is 37. The van der Waals surface area contributed by atoms with Crippen LogP contribution in [0.15, 0.2) is 0 Å². The number of carbonyl (C=O) groups excluding carboxylic acids is 2. The van der Waals surface area contributed by atoms with Crippen molar-refractivity contribution in [3.05, 3.63) is 0 Å². The third kappa shape index (κ3) is 45.1. The molecule has 0 saturated carbocycles. The van der Waals surface area contributed by atoms with Crippen molar-refractivity contribution in [1.82, 2.24) is 0 Å². The maximum Gasteiger partial charge on any atom is 0.305 e. The molecule has 310 valence electrons. The predicted molar refractivity (Wildman–Crippen MR) is 227 cm³/mol. The van der Waals surface area contributed by atoms with Gasteiger partial charge in [-0.15, -0.1) is 0 Å². The lowest BCUT2D eigenvalue weighted by Gasteiger charge is -2.07. The third-order valence-electron chi connectivity index (χ3n) is 11.0. The molecule has 0 saturated heterocycles. The van der Waals surface area contributed by atoms with Gasteiger partial charge in [0, 0.05) is 12.8 Å². The van der Waals surface area contributed by atoms with Crippen molar-refractivity contribution in [2.45, 2.75) is 284 Å². The Morgan fingerprint density at radius 1 is 0.250 bits per heavy atom. The van der Waals surface area contributed by atoms with E-state index >= 15 is 0 Å². The van der Waals surface area contributed by atoms with E-state index in [0.29, 0.717) is 26.1 Å². The summed E-state index contributed by atoms with van der Waals surface area (Å²) >= 11 is 0. The SMILES string of the molecule is CCCCCCCCCCCCCCCCCCCCCC(=O)OCCCCOC(=O)CCCCCCCCCCCCCCCCCCCCC. The highest BCUT2D eigenvalue weighted by atomic mass is 16.5. The minimum absolute atomic E-state index is 0.0756. The minimum atomic E-state index is -0.0756. The molecule has 0 aliphatic heterocycles. The van der Waals surface area contributed by atoms with Crippen molar-refractivity contribution in [1.29, 1.82) is 0 Å². The molecule has 0 rings (SSSR count). The molecule has 0 unspecified atom stereocenters. The average Bonchev–Trinajstić information content (AvgIpc) is 3.14. The summed E-state index contributed by atoms with van der Waals surface area (Å²) in [6.45, 7) is 5.46. The highest BCUT2D eigenvalue weighted by molar-refractivity contribution is 5.69. The zero-order valence-corrected chi connectivity index (χ0v) is 35.7. The van der Waals surface area contributed by atoms with Crippen LogP contribution in [0.4, 0.5) is 0 Å². The fourth-order valence-electron chi connectivity index (χ4n) is 7.42. The Labute approximate surface area is 326 Å². The molecule has 0 spiro atoms. The first-order valence-electron chi connectivity index (χ1n) is 24.0. The van der Waals surface area contributed by atoms with Crippen LogP contribution in [-0.4, -0.2) is 25.2 Å². The number of hydrogen-bond donors (Lipinski definition) is 0. The van der Waals surface area contributed by atoms with Gasteiger partial charge >= 0.3 is 11.9 Å². The van der Waals surface area contributed by atoms with E-state index in [2.05, 4.69) is 13.8 Å². The lowest BCUT2D eigenvalue weighted by atomic mass is 10.0. The van der Waals surface area contributed by atoms with Gasteiger partial charge in [0.05, 0.1) is 13.2 Å². The van der Waals surface area contributed by atoms with Crippen molar-refractivity contribution in [3.63, 3.8) is 0 Å². The molecule has 0 heterocycles. The molecule has 0 fully saturated rings. The number of rotatable bonds is 45. The van der Waals surface area contributed by atoms with Crippen molar-refractivity contribution in [2.24, 2.45) is 0 Å². The van der Waals surface area contributed by atoms with Crippen molar-refractivity contribution in [3.8, 4) is 0 Å². The molecule has 0 atom stereocenters. The van der Waals surface area contributed by atoms with E-state index in [1.54, 1.807) is 0 Å². The van der Waals surface area contributed by atoms with Gasteiger partial charge in [0.1, 0.15) is 0 Å². The molecular weight excluding hydrogens is 641 g/mol. The lowest BCUT2D eigenvalue weighted by molar-refractivity contribution is -0.146. The van der Waals surface area contributed by atoms with Crippen LogP contribution in [0.1, 0.15) is 284 Å². The molecule has 52 heavy (non-hydrogen) atoms. The van der Waals surface area contributed by atoms with Crippen LogP contribution < -0.4 is 0 Å². The average molecular weight is 735 g/mol. The summed E-state index contributed by atoms with van der Waals surface area (Å²) in [6.07, 6.45) is 54.3. The molecule has 4 nitrogen and oxygen atoms in total. The van der Waals surface area contributed by atoms with E-state index in [1.807, 2.05) is 0 Å². The summed E-state index contributed by atoms with van der Waals surface area (Å²) < 4.78 is 10.8. The zero-order valence-electron chi connectivity index (χ0n) is 35.7. The van der Waals surface area contributed by atoms with Gasteiger partial charge in [0.25, 0.3) is 0 Å². The van der Waals surface area contributed by atoms with Gasteiger partial charge in [-0.3, -0.25) is 9.59 Å². The maximum absolute atomic E-state index is 12.0.